The van der Waals surface area contributed by atoms with Crippen LogP contribution in [0.4, 0.5) is 0 Å². The van der Waals surface area contributed by atoms with Crippen molar-refractivity contribution in [3.05, 3.63) is 23.4 Å². The molecule has 1 saturated heterocycles. The van der Waals surface area contributed by atoms with Crippen molar-refractivity contribution in [1.29, 1.82) is 0 Å². The maximum absolute atomic E-state index is 10.5. The minimum atomic E-state index is -0.628. The molecule has 94 valence electrons. The van der Waals surface area contributed by atoms with Crippen molar-refractivity contribution in [1.82, 2.24) is 10.3 Å². The average Bonchev–Trinajstić information content (AvgIpc) is 2.28. The lowest BCUT2D eigenvalue weighted by Gasteiger charge is -2.32. The molecule has 2 N–H and O–H groups in total. The molecule has 4 nitrogen and oxygen atoms in total. The lowest BCUT2D eigenvalue weighted by molar-refractivity contribution is 0.0169. The molecule has 1 aliphatic rings. The third kappa shape index (κ3) is 3.17. The van der Waals surface area contributed by atoms with Crippen molar-refractivity contribution in [2.75, 3.05) is 20.2 Å². The van der Waals surface area contributed by atoms with Gasteiger partial charge in [0, 0.05) is 24.7 Å². The van der Waals surface area contributed by atoms with Crippen LogP contribution in [0.25, 0.3) is 0 Å². The molecule has 0 radical (unpaired) electrons. The summed E-state index contributed by atoms with van der Waals surface area (Å²) in [7, 11) is 1.61. The number of nitrogens with zero attached hydrogens (tertiary/aromatic N) is 1. The van der Waals surface area contributed by atoms with Crippen LogP contribution in [0.1, 0.15) is 24.1 Å². The van der Waals surface area contributed by atoms with Crippen molar-refractivity contribution < 1.29 is 9.84 Å². The first-order valence-electron chi connectivity index (χ1n) is 6.06. The summed E-state index contributed by atoms with van der Waals surface area (Å²) in [5.41, 5.74) is 1.38. The highest BCUT2D eigenvalue weighted by Gasteiger charge is 2.29. The number of hydrogen-bond donors (Lipinski definition) is 2. The summed E-state index contributed by atoms with van der Waals surface area (Å²) in [6.45, 7) is 3.60. The zero-order valence-corrected chi connectivity index (χ0v) is 10.5. The minimum absolute atomic E-state index is 0.618. The smallest absolute Gasteiger partial charge is 0.213 e. The molecule has 0 spiro atoms. The monoisotopic (exact) mass is 236 g/mol. The predicted molar refractivity (Wildman–Crippen MR) is 66.3 cm³/mol. The lowest BCUT2D eigenvalue weighted by Crippen LogP contribution is -2.47. The Kier molecular flexibility index (Phi) is 3.64. The van der Waals surface area contributed by atoms with Gasteiger partial charge in [-0.25, -0.2) is 4.98 Å². The number of nitrogens with one attached hydrogen (secondary N) is 1. The van der Waals surface area contributed by atoms with Crippen molar-refractivity contribution in [2.45, 2.75) is 31.8 Å². The number of pyridine rings is 1. The van der Waals surface area contributed by atoms with E-state index in [9.17, 15) is 5.11 Å². The second kappa shape index (κ2) is 5.02. The quantitative estimate of drug-likeness (QED) is 0.824. The third-order valence-electron chi connectivity index (χ3n) is 3.18. The number of β-amino-alcohol motifs (C(OH)–C–C–N with tert-alkyl or cyclic N) is 1. The highest BCUT2D eigenvalue weighted by molar-refractivity contribution is 5.26. The van der Waals surface area contributed by atoms with Gasteiger partial charge in [0.25, 0.3) is 0 Å². The highest BCUT2D eigenvalue weighted by atomic mass is 16.5. The Morgan fingerprint density at radius 2 is 2.35 bits per heavy atom. The van der Waals surface area contributed by atoms with Gasteiger partial charge in [0.05, 0.1) is 12.7 Å². The van der Waals surface area contributed by atoms with E-state index in [1.165, 1.54) is 0 Å². The zero-order valence-electron chi connectivity index (χ0n) is 10.5. The summed E-state index contributed by atoms with van der Waals surface area (Å²) in [6.07, 6.45) is 2.53. The number of aromatic nitrogens is 1. The molecule has 1 aliphatic heterocycles. The summed E-state index contributed by atoms with van der Waals surface area (Å²) in [4.78, 5) is 4.25. The van der Waals surface area contributed by atoms with Gasteiger partial charge in [-0.05, 0) is 37.9 Å². The largest absolute Gasteiger partial charge is 0.481 e. The first-order valence-corrected chi connectivity index (χ1v) is 6.06. The van der Waals surface area contributed by atoms with Crippen molar-refractivity contribution in [2.24, 2.45) is 0 Å². The molecule has 0 aromatic carbocycles. The number of rotatable bonds is 3. The summed E-state index contributed by atoms with van der Waals surface area (Å²) in [5, 5.41) is 13.7. The zero-order chi connectivity index (χ0) is 12.3. The summed E-state index contributed by atoms with van der Waals surface area (Å²) in [5.74, 6) is 0.618. The molecule has 0 aliphatic carbocycles. The van der Waals surface area contributed by atoms with Crippen LogP contribution >= 0.6 is 0 Å². The summed E-state index contributed by atoms with van der Waals surface area (Å²) in [6, 6.07) is 3.91. The van der Waals surface area contributed by atoms with E-state index >= 15 is 0 Å². The Bertz CT molecular complexity index is 387. The maximum Gasteiger partial charge on any atom is 0.213 e. The second-order valence-corrected chi connectivity index (χ2v) is 4.84. The van der Waals surface area contributed by atoms with Crippen LogP contribution < -0.4 is 10.1 Å². The predicted octanol–water partition coefficient (Wildman–Crippen LogP) is 1.06. The van der Waals surface area contributed by atoms with Gasteiger partial charge < -0.3 is 15.2 Å². The van der Waals surface area contributed by atoms with E-state index in [-0.39, 0.29) is 0 Å². The lowest BCUT2D eigenvalue weighted by atomic mass is 9.87. The van der Waals surface area contributed by atoms with E-state index in [2.05, 4.69) is 10.3 Å². The van der Waals surface area contributed by atoms with Crippen LogP contribution in [0.15, 0.2) is 12.1 Å². The topological polar surface area (TPSA) is 54.4 Å². The number of piperidine rings is 1. The molecule has 4 heteroatoms. The molecule has 1 aromatic heterocycles. The Hall–Kier alpha value is -1.13. The van der Waals surface area contributed by atoms with Gasteiger partial charge in [0.2, 0.25) is 5.88 Å². The molecule has 0 saturated carbocycles. The van der Waals surface area contributed by atoms with Gasteiger partial charge in [0.1, 0.15) is 0 Å². The van der Waals surface area contributed by atoms with Crippen LogP contribution in [-0.4, -0.2) is 35.9 Å². The molecule has 2 heterocycles. The van der Waals surface area contributed by atoms with Crippen LogP contribution in [0.5, 0.6) is 5.88 Å². The number of aliphatic hydroxyl groups is 1. The van der Waals surface area contributed by atoms with Crippen molar-refractivity contribution in [3.8, 4) is 5.88 Å². The number of methoxy groups -OCH3 is 1. The van der Waals surface area contributed by atoms with Gasteiger partial charge >= 0.3 is 0 Å². The third-order valence-corrected chi connectivity index (χ3v) is 3.18. The number of hydrogen-bond acceptors (Lipinski definition) is 4. The molecular formula is C13H20N2O2. The molecule has 1 atom stereocenters. The molecule has 1 aromatic rings. The van der Waals surface area contributed by atoms with Crippen molar-refractivity contribution in [3.63, 3.8) is 0 Å². The van der Waals surface area contributed by atoms with Crippen LogP contribution in [0, 0.1) is 6.92 Å². The Morgan fingerprint density at radius 1 is 1.53 bits per heavy atom. The normalized spacial score (nSPS) is 24.6. The number of aryl methyl sites for hydroxylation is 1. The molecule has 17 heavy (non-hydrogen) atoms. The summed E-state index contributed by atoms with van der Waals surface area (Å²) >= 11 is 0. The van der Waals surface area contributed by atoms with Gasteiger partial charge in [0.15, 0.2) is 0 Å². The van der Waals surface area contributed by atoms with Gasteiger partial charge in [-0.3, -0.25) is 0 Å². The minimum Gasteiger partial charge on any atom is -0.481 e. The second-order valence-electron chi connectivity index (χ2n) is 4.84. The first kappa shape index (κ1) is 12.3. The van der Waals surface area contributed by atoms with E-state index in [0.29, 0.717) is 18.8 Å². The summed E-state index contributed by atoms with van der Waals surface area (Å²) < 4.78 is 5.15. The molecule has 2 rings (SSSR count). The molecule has 0 amide bonds. The van der Waals surface area contributed by atoms with E-state index in [1.807, 2.05) is 19.1 Å². The standard InChI is InChI=1S/C13H20N2O2/c1-10-6-11(7-12(15-10)17-2)8-13(16)4-3-5-14-9-13/h6-7,14,16H,3-5,8-9H2,1-2H3. The maximum atomic E-state index is 10.5. The molecular weight excluding hydrogens is 216 g/mol. The fourth-order valence-corrected chi connectivity index (χ4v) is 2.40. The Labute approximate surface area is 102 Å². The molecule has 0 bridgehead atoms. The average molecular weight is 236 g/mol. The van der Waals surface area contributed by atoms with Crippen molar-refractivity contribution >= 4 is 0 Å². The fraction of sp³-hybridized carbons (Fsp3) is 0.615. The Balaban J connectivity index is 2.14. The number of ether oxygens (including phenoxy) is 1. The highest BCUT2D eigenvalue weighted by Crippen LogP contribution is 2.23. The van der Waals surface area contributed by atoms with Crippen LogP contribution in [-0.2, 0) is 6.42 Å². The Morgan fingerprint density at radius 3 is 3.00 bits per heavy atom. The van der Waals surface area contributed by atoms with E-state index < -0.39 is 5.60 Å². The van der Waals surface area contributed by atoms with E-state index in [0.717, 1.165) is 30.6 Å². The molecule has 1 unspecified atom stereocenters. The van der Waals surface area contributed by atoms with E-state index in [1.54, 1.807) is 7.11 Å². The van der Waals surface area contributed by atoms with Crippen LogP contribution in [0.2, 0.25) is 0 Å². The van der Waals surface area contributed by atoms with Gasteiger partial charge in [-0.1, -0.05) is 0 Å². The SMILES string of the molecule is COc1cc(CC2(O)CCCNC2)cc(C)n1. The first-order chi connectivity index (χ1) is 8.11. The molecule has 1 fully saturated rings. The van der Waals surface area contributed by atoms with Crippen LogP contribution in [0.3, 0.4) is 0 Å². The van der Waals surface area contributed by atoms with Gasteiger partial charge in [-0.2, -0.15) is 0 Å². The van der Waals surface area contributed by atoms with E-state index in [4.69, 9.17) is 4.74 Å². The fourth-order valence-electron chi connectivity index (χ4n) is 2.40. The van der Waals surface area contributed by atoms with Gasteiger partial charge in [-0.15, -0.1) is 0 Å².